The fourth-order valence-corrected chi connectivity index (χ4v) is 5.49. The van der Waals surface area contributed by atoms with E-state index < -0.39 is 33.3 Å². The molecule has 0 aliphatic carbocycles. The number of sulfonamides is 1. The maximum Gasteiger partial charge on any atom is 0.253 e. The van der Waals surface area contributed by atoms with Gasteiger partial charge in [-0.3, -0.25) is 14.6 Å². The second-order valence-corrected chi connectivity index (χ2v) is 11.4. The largest absolute Gasteiger partial charge is 0.497 e. The fraction of sp³-hybridized carbons (Fsp3) is 0.345. The van der Waals surface area contributed by atoms with Crippen LogP contribution in [0.15, 0.2) is 79.1 Å². The highest BCUT2D eigenvalue weighted by Crippen LogP contribution is 2.29. The predicted molar refractivity (Wildman–Crippen MR) is 150 cm³/mol. The predicted octanol–water partition coefficient (Wildman–Crippen LogP) is 3.68. The number of pyridine rings is 1. The van der Waals surface area contributed by atoms with E-state index in [0.717, 1.165) is 5.56 Å². The number of nitrogens with zero attached hydrogens (tertiary/aromatic N) is 2. The summed E-state index contributed by atoms with van der Waals surface area (Å²) >= 11 is 0. The number of primary sulfonamides is 1. The Bertz CT molecular complexity index is 1320. The van der Waals surface area contributed by atoms with Gasteiger partial charge in [0.1, 0.15) is 11.8 Å². The Kier molecular flexibility index (Phi) is 10.6. The van der Waals surface area contributed by atoms with Crippen molar-refractivity contribution in [1.82, 2.24) is 15.2 Å². The van der Waals surface area contributed by atoms with E-state index in [4.69, 9.17) is 9.88 Å². The quantitative estimate of drug-likeness (QED) is 0.333. The Morgan fingerprint density at radius 2 is 1.72 bits per heavy atom. The highest BCUT2D eigenvalue weighted by molar-refractivity contribution is 7.89. The Morgan fingerprint density at radius 3 is 2.28 bits per heavy atom. The van der Waals surface area contributed by atoms with Crippen LogP contribution in [-0.4, -0.2) is 49.8 Å². The van der Waals surface area contributed by atoms with Crippen LogP contribution < -0.4 is 15.2 Å². The van der Waals surface area contributed by atoms with Crippen LogP contribution in [0, 0.1) is 5.92 Å². The molecule has 1 heterocycles. The minimum Gasteiger partial charge on any atom is -0.497 e. The van der Waals surface area contributed by atoms with Crippen molar-refractivity contribution < 1.29 is 22.7 Å². The van der Waals surface area contributed by atoms with E-state index in [1.165, 1.54) is 18.2 Å². The summed E-state index contributed by atoms with van der Waals surface area (Å²) in [5.41, 5.74) is 1.69. The summed E-state index contributed by atoms with van der Waals surface area (Å²) in [6.45, 7) is 3.96. The number of nitrogens with one attached hydrogen (secondary N) is 1. The minimum atomic E-state index is -4.28. The van der Waals surface area contributed by atoms with Crippen molar-refractivity contribution in [1.29, 1.82) is 0 Å². The standard InChI is InChI=1S/C29H36N4O5S/c1-21(2)19-26(32-27(34)24-12-7-17-31-20-24)28(35)33(18-8-11-22-9-5-4-6-10-22)29(39(30,36)37)23-13-15-25(38-3)16-14-23/h4-7,9-10,12-17,20-21,26,29H,8,11,18-19H2,1-3H3,(H,32,34)(H2,30,36,37)/t26-,29?/m0/s1. The number of hydrogen-bond acceptors (Lipinski definition) is 6. The summed E-state index contributed by atoms with van der Waals surface area (Å²) < 4.78 is 31.2. The van der Waals surface area contributed by atoms with Crippen LogP contribution in [-0.2, 0) is 21.2 Å². The third-order valence-corrected chi connectivity index (χ3v) is 7.37. The van der Waals surface area contributed by atoms with Gasteiger partial charge in [-0.05, 0) is 60.6 Å². The van der Waals surface area contributed by atoms with Gasteiger partial charge in [-0.1, -0.05) is 56.3 Å². The number of methoxy groups -OCH3 is 1. The van der Waals surface area contributed by atoms with Gasteiger partial charge in [-0.2, -0.15) is 0 Å². The minimum absolute atomic E-state index is 0.0354. The molecule has 0 fully saturated rings. The molecular formula is C29H36N4O5S. The zero-order valence-corrected chi connectivity index (χ0v) is 23.3. The Labute approximate surface area is 230 Å². The zero-order valence-electron chi connectivity index (χ0n) is 22.5. The average Bonchev–Trinajstić information content (AvgIpc) is 2.92. The first kappa shape index (κ1) is 29.8. The van der Waals surface area contributed by atoms with Gasteiger partial charge in [0.25, 0.3) is 5.91 Å². The van der Waals surface area contributed by atoms with Gasteiger partial charge < -0.3 is 15.0 Å². The van der Waals surface area contributed by atoms with E-state index in [-0.39, 0.29) is 12.5 Å². The zero-order chi connectivity index (χ0) is 28.4. The molecule has 3 aromatic rings. The van der Waals surface area contributed by atoms with E-state index in [2.05, 4.69) is 10.3 Å². The first-order valence-corrected chi connectivity index (χ1v) is 14.4. The van der Waals surface area contributed by atoms with Gasteiger partial charge in [-0.15, -0.1) is 0 Å². The van der Waals surface area contributed by atoms with Crippen molar-refractivity contribution in [3.05, 3.63) is 95.8 Å². The van der Waals surface area contributed by atoms with Crippen molar-refractivity contribution in [2.75, 3.05) is 13.7 Å². The molecule has 39 heavy (non-hydrogen) atoms. The average molecular weight is 553 g/mol. The molecule has 0 aliphatic rings. The first-order valence-electron chi connectivity index (χ1n) is 12.8. The van der Waals surface area contributed by atoms with Crippen LogP contribution in [0.1, 0.15) is 53.5 Å². The molecule has 9 nitrogen and oxygen atoms in total. The second-order valence-electron chi connectivity index (χ2n) is 9.73. The van der Waals surface area contributed by atoms with Gasteiger partial charge in [0.05, 0.1) is 12.7 Å². The molecule has 0 aliphatic heterocycles. The maximum absolute atomic E-state index is 14.1. The summed E-state index contributed by atoms with van der Waals surface area (Å²) in [5, 5.41) is 7.10. The second kappa shape index (κ2) is 13.9. The highest BCUT2D eigenvalue weighted by atomic mass is 32.2. The Morgan fingerprint density at radius 1 is 1.03 bits per heavy atom. The molecule has 10 heteroatoms. The summed E-state index contributed by atoms with van der Waals surface area (Å²) in [6, 6.07) is 18.4. The van der Waals surface area contributed by atoms with E-state index in [1.807, 2.05) is 44.2 Å². The summed E-state index contributed by atoms with van der Waals surface area (Å²) in [5.74, 6) is -0.421. The van der Waals surface area contributed by atoms with Crippen LogP contribution in [0.5, 0.6) is 5.75 Å². The summed E-state index contributed by atoms with van der Waals surface area (Å²) in [6.07, 6.45) is 4.38. The summed E-state index contributed by atoms with van der Waals surface area (Å²) in [4.78, 5) is 32.4. The normalized spacial score (nSPS) is 12.9. The van der Waals surface area contributed by atoms with Crippen molar-refractivity contribution in [3.63, 3.8) is 0 Å². The molecule has 2 atom stereocenters. The Hall–Kier alpha value is -3.76. The molecule has 1 unspecified atom stereocenters. The van der Waals surface area contributed by atoms with E-state index >= 15 is 0 Å². The number of nitrogens with two attached hydrogens (primary N) is 1. The molecule has 0 spiro atoms. The van der Waals surface area contributed by atoms with Gasteiger partial charge >= 0.3 is 0 Å². The molecule has 3 N–H and O–H groups in total. The number of carbonyl (C=O) groups is 2. The van der Waals surface area contributed by atoms with Crippen LogP contribution in [0.3, 0.4) is 0 Å². The first-order chi connectivity index (χ1) is 18.6. The lowest BCUT2D eigenvalue weighted by atomic mass is 10.0. The monoisotopic (exact) mass is 552 g/mol. The van der Waals surface area contributed by atoms with Crippen molar-refractivity contribution in [3.8, 4) is 5.75 Å². The number of aromatic nitrogens is 1. The summed E-state index contributed by atoms with van der Waals surface area (Å²) in [7, 11) is -2.77. The number of rotatable bonds is 13. The van der Waals surface area contributed by atoms with Crippen molar-refractivity contribution in [2.45, 2.75) is 44.5 Å². The molecule has 0 radical (unpaired) electrons. The van der Waals surface area contributed by atoms with Crippen LogP contribution in [0.25, 0.3) is 0 Å². The van der Waals surface area contributed by atoms with Crippen LogP contribution in [0.4, 0.5) is 0 Å². The van der Waals surface area contributed by atoms with Gasteiger partial charge in [0.2, 0.25) is 15.9 Å². The third kappa shape index (κ3) is 8.62. The third-order valence-electron chi connectivity index (χ3n) is 6.22. The number of benzene rings is 2. The van der Waals surface area contributed by atoms with Crippen molar-refractivity contribution >= 4 is 21.8 Å². The topological polar surface area (TPSA) is 132 Å². The van der Waals surface area contributed by atoms with Gasteiger partial charge in [-0.25, -0.2) is 13.6 Å². The number of ether oxygens (including phenoxy) is 1. The Balaban J connectivity index is 1.98. The lowest BCUT2D eigenvalue weighted by Gasteiger charge is -2.34. The maximum atomic E-state index is 14.1. The highest BCUT2D eigenvalue weighted by Gasteiger charge is 2.37. The molecule has 2 aromatic carbocycles. The molecule has 0 saturated heterocycles. The molecular weight excluding hydrogens is 516 g/mol. The smallest absolute Gasteiger partial charge is 0.253 e. The van der Waals surface area contributed by atoms with Gasteiger partial charge in [0.15, 0.2) is 5.37 Å². The van der Waals surface area contributed by atoms with Crippen molar-refractivity contribution in [2.24, 2.45) is 11.1 Å². The van der Waals surface area contributed by atoms with E-state index in [1.54, 1.807) is 42.6 Å². The van der Waals surface area contributed by atoms with E-state index in [0.29, 0.717) is 36.1 Å². The van der Waals surface area contributed by atoms with Gasteiger partial charge in [0, 0.05) is 18.9 Å². The number of hydrogen-bond donors (Lipinski definition) is 2. The fourth-order valence-electron chi connectivity index (χ4n) is 4.39. The molecule has 1 aromatic heterocycles. The van der Waals surface area contributed by atoms with Crippen LogP contribution >= 0.6 is 0 Å². The number of carbonyl (C=O) groups excluding carboxylic acids is 2. The molecule has 0 bridgehead atoms. The lowest BCUT2D eigenvalue weighted by Crippen LogP contribution is -2.52. The van der Waals surface area contributed by atoms with E-state index in [9.17, 15) is 18.0 Å². The molecule has 0 saturated carbocycles. The lowest BCUT2D eigenvalue weighted by molar-refractivity contribution is -0.134. The number of aryl methyl sites for hydroxylation is 1. The SMILES string of the molecule is COc1ccc(C(N(CCCc2ccccc2)C(=O)[C@H](CC(C)C)NC(=O)c2cccnc2)S(N)(=O)=O)cc1. The molecule has 2 amide bonds. The molecule has 208 valence electrons. The van der Waals surface area contributed by atoms with Crippen LogP contribution in [0.2, 0.25) is 0 Å². The molecule has 3 rings (SSSR count). The number of amides is 2.